The number of aromatic nitrogens is 1. The first-order valence-corrected chi connectivity index (χ1v) is 11.4. The largest absolute Gasteiger partial charge is 0.416 e. The van der Waals surface area contributed by atoms with Gasteiger partial charge in [0.1, 0.15) is 4.90 Å². The summed E-state index contributed by atoms with van der Waals surface area (Å²) in [7, 11) is -8.41. The Morgan fingerprint density at radius 2 is 1.45 bits per heavy atom. The molecule has 154 valence electrons. The number of rotatable bonds is 5. The van der Waals surface area contributed by atoms with Crippen LogP contribution in [0.4, 0.5) is 18.9 Å². The fourth-order valence-corrected chi connectivity index (χ4v) is 5.39. The SMILES string of the molecule is CS(=O)(=O)c1ccccc1S(=O)(=O)Nc1cc(C(F)(F)F)ccc1-n1cccc1. The third-order valence-corrected chi connectivity index (χ3v) is 6.70. The summed E-state index contributed by atoms with van der Waals surface area (Å²) in [6.45, 7) is 0. The van der Waals surface area contributed by atoms with E-state index in [1.54, 1.807) is 12.1 Å². The molecule has 2 aromatic carbocycles. The number of benzene rings is 2. The fourth-order valence-electron chi connectivity index (χ4n) is 2.69. The molecule has 0 atom stereocenters. The van der Waals surface area contributed by atoms with Crippen LogP contribution in [0.15, 0.2) is 76.8 Å². The summed E-state index contributed by atoms with van der Waals surface area (Å²) < 4.78 is 92.7. The zero-order valence-electron chi connectivity index (χ0n) is 14.9. The molecule has 1 aromatic heterocycles. The van der Waals surface area contributed by atoms with Gasteiger partial charge in [-0.25, -0.2) is 16.8 Å². The maximum atomic E-state index is 13.2. The molecule has 0 radical (unpaired) electrons. The zero-order valence-corrected chi connectivity index (χ0v) is 16.5. The lowest BCUT2D eigenvalue weighted by Crippen LogP contribution is -2.18. The predicted molar refractivity (Wildman–Crippen MR) is 101 cm³/mol. The second kappa shape index (κ2) is 7.23. The van der Waals surface area contributed by atoms with E-state index in [0.717, 1.165) is 30.5 Å². The second-order valence-electron chi connectivity index (χ2n) is 6.14. The zero-order chi connectivity index (χ0) is 21.4. The van der Waals surface area contributed by atoms with E-state index in [4.69, 9.17) is 0 Å². The van der Waals surface area contributed by atoms with E-state index >= 15 is 0 Å². The van der Waals surface area contributed by atoms with Crippen molar-refractivity contribution in [3.63, 3.8) is 0 Å². The van der Waals surface area contributed by atoms with E-state index in [9.17, 15) is 30.0 Å². The van der Waals surface area contributed by atoms with Crippen LogP contribution in [0.25, 0.3) is 5.69 Å². The van der Waals surface area contributed by atoms with Gasteiger partial charge in [0, 0.05) is 18.6 Å². The smallest absolute Gasteiger partial charge is 0.322 e. The van der Waals surface area contributed by atoms with Crippen LogP contribution in [0, 0.1) is 0 Å². The first kappa shape index (κ1) is 20.9. The Kier molecular flexibility index (Phi) is 5.22. The topological polar surface area (TPSA) is 85.2 Å². The Labute approximate surface area is 165 Å². The molecule has 0 saturated heterocycles. The van der Waals surface area contributed by atoms with Crippen LogP contribution in [0.3, 0.4) is 0 Å². The van der Waals surface area contributed by atoms with Crippen molar-refractivity contribution in [2.45, 2.75) is 16.0 Å². The highest BCUT2D eigenvalue weighted by Gasteiger charge is 2.32. The van der Waals surface area contributed by atoms with Gasteiger partial charge in [-0.05, 0) is 42.5 Å². The Bertz CT molecular complexity index is 1250. The lowest BCUT2D eigenvalue weighted by atomic mass is 10.1. The molecule has 0 aliphatic carbocycles. The maximum absolute atomic E-state index is 13.2. The first-order chi connectivity index (χ1) is 13.4. The molecule has 0 saturated carbocycles. The van der Waals surface area contributed by atoms with Crippen molar-refractivity contribution >= 4 is 25.5 Å². The van der Waals surface area contributed by atoms with Gasteiger partial charge < -0.3 is 4.57 Å². The predicted octanol–water partition coefficient (Wildman–Crippen LogP) is 3.70. The number of nitrogens with zero attached hydrogens (tertiary/aromatic N) is 1. The minimum Gasteiger partial charge on any atom is -0.322 e. The van der Waals surface area contributed by atoms with Crippen LogP contribution in [0.2, 0.25) is 0 Å². The molecule has 0 aliphatic heterocycles. The molecule has 0 amide bonds. The summed E-state index contributed by atoms with van der Waals surface area (Å²) in [5, 5.41) is 0. The van der Waals surface area contributed by atoms with Crippen LogP contribution in [0.5, 0.6) is 0 Å². The number of sulfonamides is 1. The number of sulfone groups is 1. The van der Waals surface area contributed by atoms with Crippen LogP contribution >= 0.6 is 0 Å². The van der Waals surface area contributed by atoms with Crippen molar-refractivity contribution in [3.8, 4) is 5.69 Å². The molecule has 0 bridgehead atoms. The molecule has 1 N–H and O–H groups in total. The van der Waals surface area contributed by atoms with Crippen LogP contribution in [0.1, 0.15) is 5.56 Å². The summed E-state index contributed by atoms with van der Waals surface area (Å²) in [5.74, 6) is 0. The number of hydrogen-bond donors (Lipinski definition) is 1. The monoisotopic (exact) mass is 444 g/mol. The highest BCUT2D eigenvalue weighted by atomic mass is 32.2. The highest BCUT2D eigenvalue weighted by molar-refractivity contribution is 7.95. The van der Waals surface area contributed by atoms with Gasteiger partial charge in [-0.15, -0.1) is 0 Å². The number of halogens is 3. The molecule has 0 aliphatic rings. The minimum atomic E-state index is -4.69. The Balaban J connectivity index is 2.17. The van der Waals surface area contributed by atoms with E-state index < -0.39 is 41.4 Å². The molecule has 6 nitrogen and oxygen atoms in total. The number of alkyl halides is 3. The van der Waals surface area contributed by atoms with E-state index in [1.165, 1.54) is 29.1 Å². The standard InChI is InChI=1S/C18H15F3N2O4S2/c1-28(24,25)16-6-2-3-7-17(16)29(26,27)22-14-12-13(18(19,20)21)8-9-15(14)23-10-4-5-11-23/h2-12,22H,1H3. The van der Waals surface area contributed by atoms with Crippen molar-refractivity contribution in [1.29, 1.82) is 0 Å². The summed E-state index contributed by atoms with van der Waals surface area (Å²) in [6.07, 6.45) is -0.785. The number of nitrogens with one attached hydrogen (secondary N) is 1. The van der Waals surface area contributed by atoms with Crippen molar-refractivity contribution in [2.24, 2.45) is 0 Å². The molecular formula is C18H15F3N2O4S2. The van der Waals surface area contributed by atoms with Gasteiger partial charge >= 0.3 is 6.18 Å². The third-order valence-electron chi connectivity index (χ3n) is 3.99. The van der Waals surface area contributed by atoms with Crippen molar-refractivity contribution in [2.75, 3.05) is 11.0 Å². The number of hydrogen-bond acceptors (Lipinski definition) is 4. The van der Waals surface area contributed by atoms with Gasteiger partial charge in [-0.1, -0.05) is 12.1 Å². The van der Waals surface area contributed by atoms with E-state index in [-0.39, 0.29) is 11.4 Å². The first-order valence-electron chi connectivity index (χ1n) is 8.06. The Morgan fingerprint density at radius 3 is 2.00 bits per heavy atom. The van der Waals surface area contributed by atoms with Crippen LogP contribution in [-0.2, 0) is 26.0 Å². The molecule has 0 unspecified atom stereocenters. The van der Waals surface area contributed by atoms with Crippen molar-refractivity contribution in [1.82, 2.24) is 4.57 Å². The highest BCUT2D eigenvalue weighted by Crippen LogP contribution is 2.34. The molecule has 3 aromatic rings. The lowest BCUT2D eigenvalue weighted by Gasteiger charge is -2.17. The van der Waals surface area contributed by atoms with Crippen molar-refractivity contribution < 1.29 is 30.0 Å². The Hall–Kier alpha value is -2.79. The molecule has 11 heteroatoms. The Morgan fingerprint density at radius 1 is 0.862 bits per heavy atom. The maximum Gasteiger partial charge on any atom is 0.416 e. The van der Waals surface area contributed by atoms with E-state index in [0.29, 0.717) is 6.07 Å². The van der Waals surface area contributed by atoms with E-state index in [1.807, 2.05) is 0 Å². The third kappa shape index (κ3) is 4.46. The van der Waals surface area contributed by atoms with Gasteiger partial charge in [0.05, 0.1) is 21.8 Å². The van der Waals surface area contributed by atoms with Gasteiger partial charge in [0.15, 0.2) is 9.84 Å². The summed E-state index contributed by atoms with van der Waals surface area (Å²) >= 11 is 0. The normalized spacial score (nSPS) is 12.7. The summed E-state index contributed by atoms with van der Waals surface area (Å²) in [6, 6.07) is 10.7. The van der Waals surface area contributed by atoms with E-state index in [2.05, 4.69) is 4.72 Å². The van der Waals surface area contributed by atoms with Crippen LogP contribution < -0.4 is 4.72 Å². The van der Waals surface area contributed by atoms with Crippen molar-refractivity contribution in [3.05, 3.63) is 72.6 Å². The minimum absolute atomic E-state index is 0.142. The molecule has 0 fully saturated rings. The van der Waals surface area contributed by atoms with Crippen LogP contribution in [-0.4, -0.2) is 27.7 Å². The summed E-state index contributed by atoms with van der Waals surface area (Å²) in [4.78, 5) is -1.01. The average Bonchev–Trinajstić information content (AvgIpc) is 3.14. The molecular weight excluding hydrogens is 429 g/mol. The van der Waals surface area contributed by atoms with Gasteiger partial charge in [-0.3, -0.25) is 4.72 Å². The van der Waals surface area contributed by atoms with Gasteiger partial charge in [-0.2, -0.15) is 13.2 Å². The molecule has 29 heavy (non-hydrogen) atoms. The van der Waals surface area contributed by atoms with Gasteiger partial charge in [0.2, 0.25) is 0 Å². The lowest BCUT2D eigenvalue weighted by molar-refractivity contribution is -0.137. The van der Waals surface area contributed by atoms with Gasteiger partial charge in [0.25, 0.3) is 10.0 Å². The molecule has 3 rings (SSSR count). The quantitative estimate of drug-likeness (QED) is 0.650. The average molecular weight is 444 g/mol. The fraction of sp³-hybridized carbons (Fsp3) is 0.111. The number of anilines is 1. The summed E-state index contributed by atoms with van der Waals surface area (Å²) in [5.41, 5.74) is -1.26. The molecule has 1 heterocycles. The molecule has 0 spiro atoms. The second-order valence-corrected chi connectivity index (χ2v) is 9.78.